The number of rotatable bonds is 6. The summed E-state index contributed by atoms with van der Waals surface area (Å²) in [5.41, 5.74) is -0.364. The number of ether oxygens (including phenoxy) is 1. The minimum atomic E-state index is -1.28. The molecule has 5 nitrogen and oxygen atoms in total. The summed E-state index contributed by atoms with van der Waals surface area (Å²) in [4.78, 5) is 23.2. The van der Waals surface area contributed by atoms with E-state index in [2.05, 4.69) is 5.32 Å². The summed E-state index contributed by atoms with van der Waals surface area (Å²) in [6.07, 6.45) is 1.74. The molecule has 0 aliphatic carbocycles. The Bertz CT molecular complexity index is 540. The fraction of sp³-hybridized carbons (Fsp3) is 0.538. The highest BCUT2D eigenvalue weighted by molar-refractivity contribution is 7.20. The SMILES string of the molecule is O=C(CCCc1cc(Cl)sc1Cl)NC1(C(=O)O)CCOC1. The van der Waals surface area contributed by atoms with Gasteiger partial charge < -0.3 is 15.2 Å². The number of nitrogens with one attached hydrogen (secondary N) is 1. The van der Waals surface area contributed by atoms with Crippen LogP contribution in [0.5, 0.6) is 0 Å². The molecule has 0 aromatic carbocycles. The molecule has 1 aliphatic rings. The van der Waals surface area contributed by atoms with Crippen LogP contribution >= 0.6 is 34.5 Å². The maximum Gasteiger partial charge on any atom is 0.331 e. The van der Waals surface area contributed by atoms with Gasteiger partial charge in [-0.05, 0) is 24.5 Å². The van der Waals surface area contributed by atoms with Crippen LogP contribution in [-0.4, -0.2) is 35.7 Å². The Hall–Kier alpha value is -0.820. The van der Waals surface area contributed by atoms with Crippen LogP contribution in [0.2, 0.25) is 8.67 Å². The average Bonchev–Trinajstić information content (AvgIpc) is 2.98. The van der Waals surface area contributed by atoms with Gasteiger partial charge in [0.15, 0.2) is 5.54 Å². The molecule has 0 bridgehead atoms. The van der Waals surface area contributed by atoms with Crippen molar-refractivity contribution in [1.82, 2.24) is 5.32 Å². The van der Waals surface area contributed by atoms with Gasteiger partial charge in [-0.1, -0.05) is 23.2 Å². The zero-order valence-corrected chi connectivity index (χ0v) is 13.5. The van der Waals surface area contributed by atoms with Crippen molar-refractivity contribution in [3.8, 4) is 0 Å². The van der Waals surface area contributed by atoms with Gasteiger partial charge >= 0.3 is 5.97 Å². The van der Waals surface area contributed by atoms with Crippen LogP contribution in [0, 0.1) is 0 Å². The molecule has 1 aromatic rings. The minimum Gasteiger partial charge on any atom is -0.479 e. The number of carbonyl (C=O) groups is 2. The fourth-order valence-corrected chi connectivity index (χ4v) is 3.74. The summed E-state index contributed by atoms with van der Waals surface area (Å²) >= 11 is 13.1. The molecule has 21 heavy (non-hydrogen) atoms. The second-order valence-electron chi connectivity index (χ2n) is 4.94. The van der Waals surface area contributed by atoms with Crippen molar-refractivity contribution in [2.75, 3.05) is 13.2 Å². The number of amides is 1. The zero-order valence-electron chi connectivity index (χ0n) is 11.2. The lowest BCUT2D eigenvalue weighted by Crippen LogP contribution is -2.55. The predicted octanol–water partition coefficient (Wildman–Crippen LogP) is 2.74. The lowest BCUT2D eigenvalue weighted by molar-refractivity contribution is -0.147. The lowest BCUT2D eigenvalue weighted by atomic mass is 9.98. The molecule has 116 valence electrons. The van der Waals surface area contributed by atoms with E-state index in [0.717, 1.165) is 5.56 Å². The highest BCUT2D eigenvalue weighted by atomic mass is 35.5. The molecule has 8 heteroatoms. The molecule has 1 aromatic heterocycles. The number of halogens is 2. The van der Waals surface area contributed by atoms with Crippen molar-refractivity contribution in [3.05, 3.63) is 20.3 Å². The van der Waals surface area contributed by atoms with Gasteiger partial charge in [-0.2, -0.15) is 0 Å². The highest BCUT2D eigenvalue weighted by Crippen LogP contribution is 2.32. The quantitative estimate of drug-likeness (QED) is 0.826. The number of carboxylic acid groups (broad SMARTS) is 1. The van der Waals surface area contributed by atoms with Crippen molar-refractivity contribution in [2.24, 2.45) is 0 Å². The first-order valence-corrected chi connectivity index (χ1v) is 8.06. The molecule has 1 fully saturated rings. The van der Waals surface area contributed by atoms with E-state index >= 15 is 0 Å². The topological polar surface area (TPSA) is 75.6 Å². The van der Waals surface area contributed by atoms with Crippen LogP contribution in [0.15, 0.2) is 6.07 Å². The van der Waals surface area contributed by atoms with E-state index in [1.807, 2.05) is 0 Å². The van der Waals surface area contributed by atoms with E-state index in [9.17, 15) is 14.7 Å². The third-order valence-electron chi connectivity index (χ3n) is 3.39. The molecular formula is C13H15Cl2NO4S. The van der Waals surface area contributed by atoms with Gasteiger partial charge in [0.1, 0.15) is 0 Å². The summed E-state index contributed by atoms with van der Waals surface area (Å²) in [5.74, 6) is -1.35. The molecule has 1 saturated heterocycles. The average molecular weight is 352 g/mol. The van der Waals surface area contributed by atoms with Crippen LogP contribution in [-0.2, 0) is 20.7 Å². The van der Waals surface area contributed by atoms with Gasteiger partial charge in [-0.25, -0.2) is 4.79 Å². The van der Waals surface area contributed by atoms with Crippen molar-refractivity contribution in [3.63, 3.8) is 0 Å². The molecule has 1 aliphatic heterocycles. The summed E-state index contributed by atoms with van der Waals surface area (Å²) in [6.45, 7) is 0.357. The molecule has 1 atom stereocenters. The Balaban J connectivity index is 1.82. The second-order valence-corrected chi connectivity index (χ2v) is 7.23. The number of carbonyl (C=O) groups excluding carboxylic acids is 1. The molecule has 2 heterocycles. The van der Waals surface area contributed by atoms with E-state index in [4.69, 9.17) is 27.9 Å². The highest BCUT2D eigenvalue weighted by Gasteiger charge is 2.43. The first-order valence-electron chi connectivity index (χ1n) is 6.49. The Morgan fingerprint density at radius 1 is 1.48 bits per heavy atom. The number of carboxylic acids is 1. The smallest absolute Gasteiger partial charge is 0.331 e. The summed E-state index contributed by atoms with van der Waals surface area (Å²) in [6, 6.07) is 1.79. The Morgan fingerprint density at radius 2 is 2.24 bits per heavy atom. The van der Waals surface area contributed by atoms with E-state index in [0.29, 0.717) is 34.5 Å². The molecule has 0 spiro atoms. The first-order chi connectivity index (χ1) is 9.93. The summed E-state index contributed by atoms with van der Waals surface area (Å²) in [5, 5.41) is 11.8. The summed E-state index contributed by atoms with van der Waals surface area (Å²) < 4.78 is 6.34. The van der Waals surface area contributed by atoms with Crippen molar-refractivity contribution < 1.29 is 19.4 Å². The van der Waals surface area contributed by atoms with Gasteiger partial charge in [0.25, 0.3) is 0 Å². The molecule has 1 amide bonds. The van der Waals surface area contributed by atoms with Gasteiger partial charge in [0, 0.05) is 19.4 Å². The predicted molar refractivity (Wildman–Crippen MR) is 81.2 cm³/mol. The molecule has 2 N–H and O–H groups in total. The largest absolute Gasteiger partial charge is 0.479 e. The number of thiophene rings is 1. The van der Waals surface area contributed by atoms with Crippen LogP contribution in [0.25, 0.3) is 0 Å². The Kier molecular flexibility index (Phi) is 5.48. The van der Waals surface area contributed by atoms with Gasteiger partial charge in [-0.15, -0.1) is 11.3 Å². The van der Waals surface area contributed by atoms with Gasteiger partial charge in [-0.3, -0.25) is 4.79 Å². The number of aliphatic carboxylic acids is 1. The molecule has 1 unspecified atom stereocenters. The fourth-order valence-electron chi connectivity index (χ4n) is 2.20. The first kappa shape index (κ1) is 16.5. The van der Waals surface area contributed by atoms with Crippen LogP contribution in [0.3, 0.4) is 0 Å². The van der Waals surface area contributed by atoms with E-state index in [1.165, 1.54) is 11.3 Å². The standard InChI is InChI=1S/C13H15Cl2NO4S/c14-9-6-8(11(15)21-9)2-1-3-10(17)16-13(12(18)19)4-5-20-7-13/h6H,1-5,7H2,(H,16,17)(H,18,19). The normalized spacial score (nSPS) is 21.4. The molecule has 0 radical (unpaired) electrons. The maximum absolute atomic E-state index is 11.9. The number of hydrogen-bond donors (Lipinski definition) is 2. The zero-order chi connectivity index (χ0) is 15.5. The monoisotopic (exact) mass is 351 g/mol. The Morgan fingerprint density at radius 3 is 2.76 bits per heavy atom. The number of hydrogen-bond acceptors (Lipinski definition) is 4. The molecular weight excluding hydrogens is 337 g/mol. The second kappa shape index (κ2) is 6.96. The minimum absolute atomic E-state index is 0.0139. The molecule has 0 saturated carbocycles. The molecule has 2 rings (SSSR count). The van der Waals surface area contributed by atoms with E-state index in [1.54, 1.807) is 6.07 Å². The Labute approximate surface area is 136 Å². The maximum atomic E-state index is 11.9. The van der Waals surface area contributed by atoms with Gasteiger partial charge in [0.05, 0.1) is 15.3 Å². The van der Waals surface area contributed by atoms with Gasteiger partial charge in [0.2, 0.25) is 5.91 Å². The van der Waals surface area contributed by atoms with E-state index < -0.39 is 11.5 Å². The number of aryl methyl sites for hydroxylation is 1. The van der Waals surface area contributed by atoms with Crippen molar-refractivity contribution in [2.45, 2.75) is 31.2 Å². The third kappa shape index (κ3) is 4.10. The lowest BCUT2D eigenvalue weighted by Gasteiger charge is -2.23. The van der Waals surface area contributed by atoms with Crippen molar-refractivity contribution >= 4 is 46.4 Å². The summed E-state index contributed by atoms with van der Waals surface area (Å²) in [7, 11) is 0. The third-order valence-corrected chi connectivity index (χ3v) is 4.96. The van der Waals surface area contributed by atoms with Crippen molar-refractivity contribution in [1.29, 1.82) is 0 Å². The van der Waals surface area contributed by atoms with E-state index in [-0.39, 0.29) is 18.9 Å². The van der Waals surface area contributed by atoms with Crippen LogP contribution in [0.4, 0.5) is 0 Å². The van der Waals surface area contributed by atoms with Crippen LogP contribution in [0.1, 0.15) is 24.8 Å². The van der Waals surface area contributed by atoms with Crippen LogP contribution < -0.4 is 5.32 Å².